The van der Waals surface area contributed by atoms with Gasteiger partial charge in [0.2, 0.25) is 0 Å². The smallest absolute Gasteiger partial charge is 0.136 e. The molecule has 3 aromatic rings. The lowest BCUT2D eigenvalue weighted by atomic mass is 9.99. The molecule has 1 saturated heterocycles. The average molecular weight is 451 g/mol. The molecule has 1 atom stereocenters. The Balaban J connectivity index is 1.50. The number of anilines is 2. The Labute approximate surface area is 201 Å². The number of piperazine rings is 1. The van der Waals surface area contributed by atoms with Crippen molar-refractivity contribution < 1.29 is 0 Å². The van der Waals surface area contributed by atoms with Gasteiger partial charge in [-0.05, 0) is 30.4 Å². The van der Waals surface area contributed by atoms with Crippen LogP contribution in [0.25, 0.3) is 10.8 Å². The number of hydrogen-bond donors (Lipinski definition) is 0. The van der Waals surface area contributed by atoms with Gasteiger partial charge in [-0.1, -0.05) is 43.7 Å². The van der Waals surface area contributed by atoms with Crippen LogP contribution in [0.1, 0.15) is 36.0 Å². The number of terminal acetylenes is 1. The van der Waals surface area contributed by atoms with E-state index in [9.17, 15) is 5.26 Å². The fourth-order valence-corrected chi connectivity index (χ4v) is 5.35. The number of nitriles is 1. The van der Waals surface area contributed by atoms with Gasteiger partial charge in [0, 0.05) is 55.3 Å². The molecule has 34 heavy (non-hydrogen) atoms. The van der Waals surface area contributed by atoms with Crippen LogP contribution in [-0.4, -0.2) is 47.1 Å². The van der Waals surface area contributed by atoms with Crippen LogP contribution in [-0.2, 0) is 19.4 Å². The molecule has 0 amide bonds. The van der Waals surface area contributed by atoms with E-state index >= 15 is 0 Å². The number of nitrogens with zero attached hydrogens (tertiary/aromatic N) is 6. The number of aromatic nitrogens is 2. The van der Waals surface area contributed by atoms with Crippen molar-refractivity contribution in [3.05, 3.63) is 59.0 Å². The monoisotopic (exact) mass is 450 g/mol. The van der Waals surface area contributed by atoms with Crippen molar-refractivity contribution >= 4 is 22.3 Å². The van der Waals surface area contributed by atoms with Crippen LogP contribution < -0.4 is 9.80 Å². The number of rotatable bonds is 4. The first-order valence-electron chi connectivity index (χ1n) is 12.1. The summed E-state index contributed by atoms with van der Waals surface area (Å²) in [6.45, 7) is 8.26. The standard InChI is InChI=1S/C28H30N6/c1-4-26-30-24-19-33(25-11-7-10-21-9-6-8-20(3)27(21)25)15-13-23(24)28(31-26)34-17-16-32(5-2)22(18-34)12-14-29/h2,6-11,22H,4,12-13,15-19H2,1,3H3. The van der Waals surface area contributed by atoms with Crippen molar-refractivity contribution in [2.75, 3.05) is 36.0 Å². The SMILES string of the molecule is C#CN1CCN(c2nc(CC)nc3c2CCN(c2cccc4cccc(C)c24)C3)CC1CC#N. The van der Waals surface area contributed by atoms with Gasteiger partial charge in [0.1, 0.15) is 11.6 Å². The first-order chi connectivity index (χ1) is 16.6. The van der Waals surface area contributed by atoms with E-state index in [-0.39, 0.29) is 6.04 Å². The Bertz CT molecular complexity index is 1300. The Hall–Kier alpha value is -3.77. The summed E-state index contributed by atoms with van der Waals surface area (Å²) in [5.74, 6) is 1.91. The quantitative estimate of drug-likeness (QED) is 0.559. The van der Waals surface area contributed by atoms with Crippen molar-refractivity contribution in [3.8, 4) is 18.5 Å². The maximum absolute atomic E-state index is 9.30. The van der Waals surface area contributed by atoms with Gasteiger partial charge in [0.15, 0.2) is 0 Å². The molecule has 5 rings (SSSR count). The summed E-state index contributed by atoms with van der Waals surface area (Å²) in [4.78, 5) is 16.7. The zero-order valence-electron chi connectivity index (χ0n) is 20.0. The van der Waals surface area contributed by atoms with E-state index in [2.05, 4.69) is 72.2 Å². The summed E-state index contributed by atoms with van der Waals surface area (Å²) >= 11 is 0. The Morgan fingerprint density at radius 1 is 1.09 bits per heavy atom. The molecule has 0 spiro atoms. The van der Waals surface area contributed by atoms with E-state index in [1.165, 1.54) is 27.6 Å². The van der Waals surface area contributed by atoms with Crippen LogP contribution in [0.15, 0.2) is 36.4 Å². The highest BCUT2D eigenvalue weighted by atomic mass is 15.3. The lowest BCUT2D eigenvalue weighted by Gasteiger charge is -2.41. The molecule has 6 heteroatoms. The number of hydrogen-bond acceptors (Lipinski definition) is 6. The van der Waals surface area contributed by atoms with Crippen molar-refractivity contribution in [1.82, 2.24) is 14.9 Å². The molecule has 0 bridgehead atoms. The van der Waals surface area contributed by atoms with E-state index < -0.39 is 0 Å². The molecular formula is C28H30N6. The van der Waals surface area contributed by atoms with Gasteiger partial charge < -0.3 is 14.7 Å². The van der Waals surface area contributed by atoms with Crippen LogP contribution in [0.3, 0.4) is 0 Å². The van der Waals surface area contributed by atoms with Crippen LogP contribution in [0.5, 0.6) is 0 Å². The third kappa shape index (κ3) is 3.90. The summed E-state index contributed by atoms with van der Waals surface area (Å²) in [7, 11) is 0. The summed E-state index contributed by atoms with van der Waals surface area (Å²) in [6.07, 6.45) is 7.81. The molecule has 172 valence electrons. The lowest BCUT2D eigenvalue weighted by Crippen LogP contribution is -2.52. The predicted molar refractivity (Wildman–Crippen MR) is 137 cm³/mol. The Morgan fingerprint density at radius 3 is 2.68 bits per heavy atom. The second-order valence-corrected chi connectivity index (χ2v) is 9.15. The number of aryl methyl sites for hydroxylation is 2. The molecule has 2 aliphatic heterocycles. The molecule has 0 aliphatic carbocycles. The van der Waals surface area contributed by atoms with E-state index in [1.807, 2.05) is 4.90 Å². The molecule has 1 aromatic heterocycles. The molecule has 3 heterocycles. The largest absolute Gasteiger partial charge is 0.365 e. The average Bonchev–Trinajstić information content (AvgIpc) is 2.87. The van der Waals surface area contributed by atoms with Gasteiger partial charge in [0.25, 0.3) is 0 Å². The summed E-state index contributed by atoms with van der Waals surface area (Å²) in [6, 6.07) is 18.1. The topological polar surface area (TPSA) is 59.3 Å². The molecule has 2 aromatic carbocycles. The molecule has 0 N–H and O–H groups in total. The normalized spacial score (nSPS) is 17.9. The number of benzene rings is 2. The molecule has 0 saturated carbocycles. The zero-order valence-corrected chi connectivity index (χ0v) is 20.0. The van der Waals surface area contributed by atoms with Gasteiger partial charge in [-0.3, -0.25) is 0 Å². The number of fused-ring (bicyclic) bond motifs is 2. The van der Waals surface area contributed by atoms with E-state index in [0.717, 1.165) is 62.9 Å². The Morgan fingerprint density at radius 2 is 1.91 bits per heavy atom. The minimum absolute atomic E-state index is 0.0261. The summed E-state index contributed by atoms with van der Waals surface area (Å²) < 4.78 is 0. The second-order valence-electron chi connectivity index (χ2n) is 9.15. The maximum atomic E-state index is 9.30. The lowest BCUT2D eigenvalue weighted by molar-refractivity contribution is 0.267. The molecule has 6 nitrogen and oxygen atoms in total. The first-order valence-corrected chi connectivity index (χ1v) is 12.1. The van der Waals surface area contributed by atoms with Gasteiger partial charge in [0.05, 0.1) is 30.8 Å². The molecule has 1 unspecified atom stereocenters. The van der Waals surface area contributed by atoms with E-state index in [4.69, 9.17) is 16.4 Å². The highest BCUT2D eigenvalue weighted by Gasteiger charge is 2.31. The van der Waals surface area contributed by atoms with Gasteiger partial charge >= 0.3 is 0 Å². The fourth-order valence-electron chi connectivity index (χ4n) is 5.35. The van der Waals surface area contributed by atoms with Crippen LogP contribution in [0, 0.1) is 30.7 Å². The molecular weight excluding hydrogens is 420 g/mol. The third-order valence-corrected chi connectivity index (χ3v) is 7.11. The summed E-state index contributed by atoms with van der Waals surface area (Å²) in [5.41, 5.74) is 4.94. The maximum Gasteiger partial charge on any atom is 0.136 e. The second kappa shape index (κ2) is 9.23. The van der Waals surface area contributed by atoms with Crippen LogP contribution in [0.2, 0.25) is 0 Å². The Kier molecular flexibility index (Phi) is 5.99. The van der Waals surface area contributed by atoms with E-state index in [1.54, 1.807) is 0 Å². The van der Waals surface area contributed by atoms with E-state index in [0.29, 0.717) is 6.42 Å². The van der Waals surface area contributed by atoms with Crippen LogP contribution in [0.4, 0.5) is 11.5 Å². The predicted octanol–water partition coefficient (Wildman–Crippen LogP) is 4.06. The van der Waals surface area contributed by atoms with Gasteiger partial charge in [-0.15, -0.1) is 0 Å². The highest BCUT2D eigenvalue weighted by molar-refractivity contribution is 5.97. The minimum atomic E-state index is 0.0261. The summed E-state index contributed by atoms with van der Waals surface area (Å²) in [5, 5.41) is 11.9. The van der Waals surface area contributed by atoms with Crippen LogP contribution >= 0.6 is 0 Å². The van der Waals surface area contributed by atoms with Crippen molar-refractivity contribution in [2.24, 2.45) is 0 Å². The first kappa shape index (κ1) is 22.0. The minimum Gasteiger partial charge on any atom is -0.365 e. The third-order valence-electron chi connectivity index (χ3n) is 7.11. The van der Waals surface area contributed by atoms with Gasteiger partial charge in [-0.2, -0.15) is 5.26 Å². The molecule has 0 radical (unpaired) electrons. The zero-order chi connectivity index (χ0) is 23.7. The molecule has 1 fully saturated rings. The fraction of sp³-hybridized carbons (Fsp3) is 0.393. The molecule has 2 aliphatic rings. The van der Waals surface area contributed by atoms with Crippen molar-refractivity contribution in [1.29, 1.82) is 5.26 Å². The van der Waals surface area contributed by atoms with Crippen molar-refractivity contribution in [2.45, 2.75) is 45.7 Å². The highest BCUT2D eigenvalue weighted by Crippen LogP contribution is 2.35. The van der Waals surface area contributed by atoms with Gasteiger partial charge in [-0.25, -0.2) is 9.97 Å². The van der Waals surface area contributed by atoms with Crippen molar-refractivity contribution in [3.63, 3.8) is 0 Å².